The van der Waals surface area contributed by atoms with Gasteiger partial charge in [-0.05, 0) is 38.5 Å². The van der Waals surface area contributed by atoms with Crippen molar-refractivity contribution in [2.75, 3.05) is 6.61 Å². The summed E-state index contributed by atoms with van der Waals surface area (Å²) in [6.07, 6.45) is 0.449. The highest BCUT2D eigenvalue weighted by Gasteiger charge is 2.48. The van der Waals surface area contributed by atoms with Gasteiger partial charge < -0.3 is 15.2 Å². The molecule has 2 N–H and O–H groups in total. The first-order valence-corrected chi connectivity index (χ1v) is 5.77. The lowest BCUT2D eigenvalue weighted by Crippen LogP contribution is -2.59. The average molecular weight is 229 g/mol. The lowest BCUT2D eigenvalue weighted by Gasteiger charge is -2.51. The number of carbonyl (C=O) groups excluding carboxylic acids is 1. The van der Waals surface area contributed by atoms with Gasteiger partial charge in [0.2, 0.25) is 0 Å². The number of nitrogens with one attached hydrogen (secondary N) is 1. The maximum atomic E-state index is 11.5. The molecule has 2 atom stereocenters. The molecule has 1 aliphatic carbocycles. The monoisotopic (exact) mass is 229 g/mol. The molecule has 0 saturated heterocycles. The molecule has 1 amide bonds. The van der Waals surface area contributed by atoms with Gasteiger partial charge in [-0.2, -0.15) is 0 Å². The van der Waals surface area contributed by atoms with E-state index in [2.05, 4.69) is 19.2 Å². The molecule has 0 aliphatic heterocycles. The number of amides is 1. The molecule has 16 heavy (non-hydrogen) atoms. The van der Waals surface area contributed by atoms with Crippen LogP contribution in [0, 0.1) is 11.3 Å². The van der Waals surface area contributed by atoms with Crippen molar-refractivity contribution < 1.29 is 14.6 Å². The summed E-state index contributed by atoms with van der Waals surface area (Å²) in [6.45, 7) is 9.82. The van der Waals surface area contributed by atoms with Crippen molar-refractivity contribution in [1.29, 1.82) is 0 Å². The smallest absolute Gasteiger partial charge is 0.407 e. The van der Waals surface area contributed by atoms with Crippen LogP contribution < -0.4 is 5.32 Å². The molecule has 4 nitrogen and oxygen atoms in total. The van der Waals surface area contributed by atoms with E-state index in [1.165, 1.54) is 0 Å². The molecule has 0 aromatic heterocycles. The summed E-state index contributed by atoms with van der Waals surface area (Å²) in [5, 5.41) is 12.0. The van der Waals surface area contributed by atoms with Crippen LogP contribution in [0.4, 0.5) is 4.79 Å². The second-order valence-electron chi connectivity index (χ2n) is 6.14. The molecule has 4 heteroatoms. The topological polar surface area (TPSA) is 58.6 Å². The zero-order valence-electron chi connectivity index (χ0n) is 10.8. The van der Waals surface area contributed by atoms with Gasteiger partial charge in [0.15, 0.2) is 0 Å². The van der Waals surface area contributed by atoms with Crippen LogP contribution in [-0.4, -0.2) is 29.4 Å². The minimum Gasteiger partial charge on any atom is -0.444 e. The van der Waals surface area contributed by atoms with Gasteiger partial charge in [-0.15, -0.1) is 0 Å². The van der Waals surface area contributed by atoms with Crippen LogP contribution in [0.25, 0.3) is 0 Å². The van der Waals surface area contributed by atoms with Crippen LogP contribution in [-0.2, 0) is 4.74 Å². The largest absolute Gasteiger partial charge is 0.444 e. The molecular formula is C12H23NO3. The molecule has 1 saturated carbocycles. The van der Waals surface area contributed by atoms with Gasteiger partial charge in [-0.25, -0.2) is 4.79 Å². The van der Waals surface area contributed by atoms with Crippen LogP contribution in [0.3, 0.4) is 0 Å². The van der Waals surface area contributed by atoms with Gasteiger partial charge in [0, 0.05) is 12.6 Å². The normalized spacial score (nSPS) is 28.1. The third-order valence-corrected chi connectivity index (χ3v) is 3.38. The Bertz CT molecular complexity index is 268. The van der Waals surface area contributed by atoms with E-state index in [-0.39, 0.29) is 30.1 Å². The Labute approximate surface area is 97.4 Å². The predicted molar refractivity (Wildman–Crippen MR) is 62.1 cm³/mol. The molecular weight excluding hydrogens is 206 g/mol. The van der Waals surface area contributed by atoms with Crippen molar-refractivity contribution in [3.63, 3.8) is 0 Å². The summed E-state index contributed by atoms with van der Waals surface area (Å²) in [5.74, 6) is 0.271. The summed E-state index contributed by atoms with van der Waals surface area (Å²) in [6, 6.07) is 0.0968. The number of aliphatic hydroxyl groups excluding tert-OH is 1. The first-order valence-electron chi connectivity index (χ1n) is 5.77. The maximum absolute atomic E-state index is 11.5. The van der Waals surface area contributed by atoms with E-state index in [1.54, 1.807) is 0 Å². The van der Waals surface area contributed by atoms with Crippen molar-refractivity contribution in [1.82, 2.24) is 5.32 Å². The van der Waals surface area contributed by atoms with Crippen LogP contribution in [0.1, 0.15) is 41.0 Å². The Kier molecular flexibility index (Phi) is 3.53. The molecule has 0 bridgehead atoms. The van der Waals surface area contributed by atoms with Crippen LogP contribution in [0.2, 0.25) is 0 Å². The van der Waals surface area contributed by atoms with Gasteiger partial charge in [0.1, 0.15) is 5.60 Å². The first kappa shape index (κ1) is 13.3. The van der Waals surface area contributed by atoms with E-state index in [0.717, 1.165) is 6.42 Å². The van der Waals surface area contributed by atoms with Crippen LogP contribution >= 0.6 is 0 Å². The number of aliphatic hydroxyl groups is 1. The lowest BCUT2D eigenvalue weighted by molar-refractivity contribution is -0.0288. The lowest BCUT2D eigenvalue weighted by atomic mass is 9.59. The van der Waals surface area contributed by atoms with Gasteiger partial charge in [-0.1, -0.05) is 13.8 Å². The highest BCUT2D eigenvalue weighted by molar-refractivity contribution is 5.68. The number of ether oxygens (including phenoxy) is 1. The number of hydrogen-bond acceptors (Lipinski definition) is 3. The van der Waals surface area contributed by atoms with Gasteiger partial charge in [0.25, 0.3) is 0 Å². The molecule has 0 radical (unpaired) electrons. The maximum Gasteiger partial charge on any atom is 0.407 e. The predicted octanol–water partition coefficient (Wildman–Crippen LogP) is 1.92. The minimum absolute atomic E-state index is 0.0499. The summed E-state index contributed by atoms with van der Waals surface area (Å²) in [4.78, 5) is 11.5. The Balaban J connectivity index is 2.43. The fourth-order valence-electron chi connectivity index (χ4n) is 2.02. The van der Waals surface area contributed by atoms with Crippen molar-refractivity contribution in [2.45, 2.75) is 52.7 Å². The van der Waals surface area contributed by atoms with E-state index >= 15 is 0 Å². The third kappa shape index (κ3) is 2.88. The quantitative estimate of drug-likeness (QED) is 0.760. The number of hydrogen-bond donors (Lipinski definition) is 2. The van der Waals surface area contributed by atoms with Gasteiger partial charge in [-0.3, -0.25) is 0 Å². The van der Waals surface area contributed by atoms with E-state index in [9.17, 15) is 4.79 Å². The Morgan fingerprint density at radius 1 is 1.50 bits per heavy atom. The van der Waals surface area contributed by atoms with Crippen molar-refractivity contribution in [2.24, 2.45) is 11.3 Å². The van der Waals surface area contributed by atoms with Crippen LogP contribution in [0.5, 0.6) is 0 Å². The molecule has 1 aliphatic rings. The van der Waals surface area contributed by atoms with E-state index < -0.39 is 5.60 Å². The van der Waals surface area contributed by atoms with Crippen molar-refractivity contribution in [3.8, 4) is 0 Å². The minimum atomic E-state index is -0.464. The fraction of sp³-hybridized carbons (Fsp3) is 0.917. The molecule has 0 heterocycles. The second-order valence-corrected chi connectivity index (χ2v) is 6.14. The summed E-state index contributed by atoms with van der Waals surface area (Å²) in [7, 11) is 0. The second kappa shape index (κ2) is 4.24. The standard InChI is InChI=1S/C12H23NO3/c1-11(2,3)16-10(15)13-9-6-8(7-14)12(9,4)5/h8-9,14H,6-7H2,1-5H3,(H,13,15)/t8-,9-/m0/s1. The van der Waals surface area contributed by atoms with E-state index in [0.29, 0.717) is 0 Å². The zero-order valence-corrected chi connectivity index (χ0v) is 10.8. The summed E-state index contributed by atoms with van der Waals surface area (Å²) < 4.78 is 5.19. The molecule has 0 aromatic carbocycles. The molecule has 1 fully saturated rings. The SMILES string of the molecule is CC(C)(C)OC(=O)N[C@H]1C[C@@H](CO)C1(C)C. The first-order chi connectivity index (χ1) is 7.16. The van der Waals surface area contributed by atoms with E-state index in [1.807, 2.05) is 20.8 Å². The Morgan fingerprint density at radius 3 is 2.44 bits per heavy atom. The fourth-order valence-corrected chi connectivity index (χ4v) is 2.02. The number of rotatable bonds is 2. The highest BCUT2D eigenvalue weighted by Crippen LogP contribution is 2.45. The molecule has 1 rings (SSSR count). The van der Waals surface area contributed by atoms with Crippen LogP contribution in [0.15, 0.2) is 0 Å². The Hall–Kier alpha value is -0.770. The highest BCUT2D eigenvalue weighted by atomic mass is 16.6. The van der Waals surface area contributed by atoms with Crippen molar-refractivity contribution in [3.05, 3.63) is 0 Å². The number of carbonyl (C=O) groups is 1. The molecule has 0 spiro atoms. The van der Waals surface area contributed by atoms with Gasteiger partial charge in [0.05, 0.1) is 0 Å². The van der Waals surface area contributed by atoms with E-state index in [4.69, 9.17) is 9.84 Å². The number of alkyl carbamates (subject to hydrolysis) is 1. The molecule has 0 aromatic rings. The average Bonchev–Trinajstić information content (AvgIpc) is 2.08. The Morgan fingerprint density at radius 2 is 2.06 bits per heavy atom. The zero-order chi connectivity index (χ0) is 12.6. The molecule has 0 unspecified atom stereocenters. The van der Waals surface area contributed by atoms with Crippen molar-refractivity contribution >= 4 is 6.09 Å². The van der Waals surface area contributed by atoms with Gasteiger partial charge >= 0.3 is 6.09 Å². The summed E-state index contributed by atoms with van der Waals surface area (Å²) >= 11 is 0. The third-order valence-electron chi connectivity index (χ3n) is 3.38. The molecule has 94 valence electrons. The summed E-state index contributed by atoms with van der Waals surface area (Å²) in [5.41, 5.74) is -0.514.